The number of hydrogen-bond donors (Lipinski definition) is 1. The van der Waals surface area contributed by atoms with Crippen LogP contribution in [0, 0.1) is 11.7 Å². The predicted molar refractivity (Wildman–Crippen MR) is 102 cm³/mol. The van der Waals surface area contributed by atoms with Gasteiger partial charge in [-0.1, -0.05) is 17.7 Å². The van der Waals surface area contributed by atoms with Crippen LogP contribution in [0.5, 0.6) is 11.5 Å². The highest BCUT2D eigenvalue weighted by Gasteiger charge is 2.29. The number of ether oxygens (including phenoxy) is 2. The van der Waals surface area contributed by atoms with Gasteiger partial charge < -0.3 is 9.47 Å². The zero-order chi connectivity index (χ0) is 19.2. The number of hydrazone groups is 1. The molecule has 1 saturated carbocycles. The molecule has 1 N–H and O–H groups in total. The summed E-state index contributed by atoms with van der Waals surface area (Å²) in [6, 6.07) is 9.72. The third-order valence-electron chi connectivity index (χ3n) is 4.04. The van der Waals surface area contributed by atoms with Crippen LogP contribution in [0.4, 0.5) is 4.39 Å². The average Bonchev–Trinajstić information content (AvgIpc) is 3.48. The first-order valence-electron chi connectivity index (χ1n) is 8.74. The minimum absolute atomic E-state index is 0.0174. The molecule has 5 nitrogen and oxygen atoms in total. The molecule has 7 heteroatoms. The zero-order valence-corrected chi connectivity index (χ0v) is 15.6. The van der Waals surface area contributed by atoms with Gasteiger partial charge in [0, 0.05) is 11.5 Å². The topological polar surface area (TPSA) is 59.9 Å². The van der Waals surface area contributed by atoms with Gasteiger partial charge in [0.2, 0.25) is 5.91 Å². The number of carbonyl (C=O) groups excluding carboxylic acids is 1. The van der Waals surface area contributed by atoms with Crippen molar-refractivity contribution in [2.45, 2.75) is 26.4 Å². The normalized spacial score (nSPS) is 13.6. The lowest BCUT2D eigenvalue weighted by molar-refractivity contribution is -0.122. The molecule has 0 spiro atoms. The summed E-state index contributed by atoms with van der Waals surface area (Å²) in [5.74, 6) is 0.591. The third-order valence-corrected chi connectivity index (χ3v) is 4.39. The number of nitrogens with one attached hydrogen (secondary N) is 1. The van der Waals surface area contributed by atoms with Crippen molar-refractivity contribution in [2.75, 3.05) is 6.61 Å². The monoisotopic (exact) mass is 390 g/mol. The molecule has 0 bridgehead atoms. The number of carbonyl (C=O) groups is 1. The van der Waals surface area contributed by atoms with Crippen LogP contribution in [0.1, 0.15) is 30.9 Å². The van der Waals surface area contributed by atoms with Gasteiger partial charge in [-0.05, 0) is 55.7 Å². The van der Waals surface area contributed by atoms with E-state index in [0.717, 1.165) is 18.4 Å². The number of benzene rings is 2. The lowest BCUT2D eigenvalue weighted by atomic mass is 10.2. The van der Waals surface area contributed by atoms with Crippen molar-refractivity contribution in [1.82, 2.24) is 5.43 Å². The third kappa shape index (κ3) is 5.20. The highest BCUT2D eigenvalue weighted by molar-refractivity contribution is 6.31. The number of hydrogen-bond acceptors (Lipinski definition) is 4. The predicted octanol–water partition coefficient (Wildman–Crippen LogP) is 4.32. The van der Waals surface area contributed by atoms with Gasteiger partial charge in [-0.3, -0.25) is 4.79 Å². The molecule has 1 amide bonds. The molecule has 0 aromatic heterocycles. The smallest absolute Gasteiger partial charge is 0.243 e. The number of amides is 1. The van der Waals surface area contributed by atoms with Crippen molar-refractivity contribution >= 4 is 23.7 Å². The lowest BCUT2D eigenvalue weighted by Gasteiger charge is -2.13. The summed E-state index contributed by atoms with van der Waals surface area (Å²) in [5, 5.41) is 4.27. The van der Waals surface area contributed by atoms with Gasteiger partial charge in [-0.15, -0.1) is 0 Å². The van der Waals surface area contributed by atoms with E-state index in [4.69, 9.17) is 21.1 Å². The maximum atomic E-state index is 13.9. The fourth-order valence-electron chi connectivity index (χ4n) is 2.42. The zero-order valence-electron chi connectivity index (χ0n) is 14.9. The maximum absolute atomic E-state index is 13.9. The molecular weight excluding hydrogens is 371 g/mol. The van der Waals surface area contributed by atoms with E-state index in [2.05, 4.69) is 10.5 Å². The molecule has 2 aromatic carbocycles. The second-order valence-corrected chi connectivity index (χ2v) is 6.54. The second kappa shape index (κ2) is 8.86. The molecule has 27 heavy (non-hydrogen) atoms. The van der Waals surface area contributed by atoms with E-state index < -0.39 is 5.82 Å². The van der Waals surface area contributed by atoms with E-state index in [1.165, 1.54) is 6.07 Å². The molecule has 2 aromatic rings. The number of rotatable bonds is 8. The SMILES string of the molecule is CCOc1cc(/C=N\NC(=O)C2CC2)ccc1OCc1c(F)cccc1Cl. The van der Waals surface area contributed by atoms with Gasteiger partial charge in [0.05, 0.1) is 17.8 Å². The van der Waals surface area contributed by atoms with E-state index in [9.17, 15) is 9.18 Å². The summed E-state index contributed by atoms with van der Waals surface area (Å²) < 4.78 is 25.2. The Hall–Kier alpha value is -2.60. The molecule has 0 atom stereocenters. The number of nitrogens with zero attached hydrogens (tertiary/aromatic N) is 1. The Balaban J connectivity index is 1.69. The first-order chi connectivity index (χ1) is 13.1. The van der Waals surface area contributed by atoms with Crippen LogP contribution in [-0.2, 0) is 11.4 Å². The second-order valence-electron chi connectivity index (χ2n) is 6.14. The Morgan fingerprint density at radius 2 is 2.11 bits per heavy atom. The molecule has 1 aliphatic rings. The van der Waals surface area contributed by atoms with Gasteiger partial charge in [-0.2, -0.15) is 5.10 Å². The van der Waals surface area contributed by atoms with Gasteiger partial charge in [-0.25, -0.2) is 9.82 Å². The maximum Gasteiger partial charge on any atom is 0.243 e. The Kier molecular flexibility index (Phi) is 6.29. The largest absolute Gasteiger partial charge is 0.490 e. The Labute approximate surface area is 162 Å². The molecule has 0 radical (unpaired) electrons. The average molecular weight is 391 g/mol. The van der Waals surface area contributed by atoms with E-state index in [0.29, 0.717) is 23.1 Å². The standard InChI is InChI=1S/C20H20ClFN2O3/c1-2-26-19-10-13(11-23-24-20(25)14-7-8-14)6-9-18(19)27-12-15-16(21)4-3-5-17(15)22/h3-6,9-11,14H,2,7-8,12H2,1H3,(H,24,25)/b23-11-. The van der Waals surface area contributed by atoms with Crippen molar-refractivity contribution in [3.63, 3.8) is 0 Å². The van der Waals surface area contributed by atoms with Gasteiger partial charge in [0.1, 0.15) is 12.4 Å². The first-order valence-corrected chi connectivity index (χ1v) is 9.11. The van der Waals surface area contributed by atoms with Crippen LogP contribution in [0.2, 0.25) is 5.02 Å². The van der Waals surface area contributed by atoms with Crippen molar-refractivity contribution in [3.8, 4) is 11.5 Å². The molecule has 142 valence electrons. The highest BCUT2D eigenvalue weighted by atomic mass is 35.5. The van der Waals surface area contributed by atoms with Crippen LogP contribution in [0.15, 0.2) is 41.5 Å². The minimum Gasteiger partial charge on any atom is -0.490 e. The molecule has 0 saturated heterocycles. The van der Waals surface area contributed by atoms with Crippen molar-refractivity contribution < 1.29 is 18.7 Å². The molecule has 1 aliphatic carbocycles. The van der Waals surface area contributed by atoms with Gasteiger partial charge in [0.25, 0.3) is 0 Å². The van der Waals surface area contributed by atoms with Crippen molar-refractivity contribution in [2.24, 2.45) is 11.0 Å². The van der Waals surface area contributed by atoms with Crippen LogP contribution in [0.25, 0.3) is 0 Å². The van der Waals surface area contributed by atoms with Crippen molar-refractivity contribution in [1.29, 1.82) is 0 Å². The molecule has 1 fully saturated rings. The molecule has 0 unspecified atom stereocenters. The van der Waals surface area contributed by atoms with Crippen LogP contribution >= 0.6 is 11.6 Å². The Morgan fingerprint density at radius 3 is 2.81 bits per heavy atom. The first kappa shape index (κ1) is 19.2. The van der Waals surface area contributed by atoms with Crippen LogP contribution < -0.4 is 14.9 Å². The van der Waals surface area contributed by atoms with Crippen LogP contribution in [-0.4, -0.2) is 18.7 Å². The molecule has 0 aliphatic heterocycles. The molecule has 0 heterocycles. The summed E-state index contributed by atoms with van der Waals surface area (Å²) in [7, 11) is 0. The summed E-state index contributed by atoms with van der Waals surface area (Å²) in [4.78, 5) is 11.6. The summed E-state index contributed by atoms with van der Waals surface area (Å²) in [6.45, 7) is 2.28. The fourth-order valence-corrected chi connectivity index (χ4v) is 2.64. The summed E-state index contributed by atoms with van der Waals surface area (Å²) in [5.41, 5.74) is 3.55. The van der Waals surface area contributed by atoms with Gasteiger partial charge >= 0.3 is 0 Å². The number of halogens is 2. The van der Waals surface area contributed by atoms with Gasteiger partial charge in [0.15, 0.2) is 11.5 Å². The minimum atomic E-state index is -0.421. The quantitative estimate of drug-likeness (QED) is 0.539. The Bertz CT molecular complexity index is 833. The van der Waals surface area contributed by atoms with E-state index in [1.807, 2.05) is 6.92 Å². The van der Waals surface area contributed by atoms with E-state index >= 15 is 0 Å². The Morgan fingerprint density at radius 1 is 1.30 bits per heavy atom. The van der Waals surface area contributed by atoms with E-state index in [1.54, 1.807) is 36.5 Å². The summed E-state index contributed by atoms with van der Waals surface area (Å²) in [6.07, 6.45) is 3.39. The lowest BCUT2D eigenvalue weighted by Crippen LogP contribution is -2.18. The molecule has 3 rings (SSSR count). The highest BCUT2D eigenvalue weighted by Crippen LogP contribution is 2.30. The van der Waals surface area contributed by atoms with Crippen molar-refractivity contribution in [3.05, 3.63) is 58.4 Å². The fraction of sp³-hybridized carbons (Fsp3) is 0.300. The molecular formula is C20H20ClFN2O3. The van der Waals surface area contributed by atoms with E-state index in [-0.39, 0.29) is 24.0 Å². The van der Waals surface area contributed by atoms with Crippen LogP contribution in [0.3, 0.4) is 0 Å². The summed E-state index contributed by atoms with van der Waals surface area (Å²) >= 11 is 6.03.